The van der Waals surface area contributed by atoms with Gasteiger partial charge in [-0.05, 0) is 49.1 Å². The van der Waals surface area contributed by atoms with Crippen molar-refractivity contribution in [3.05, 3.63) is 71.9 Å². The Morgan fingerprint density at radius 1 is 1.03 bits per heavy atom. The van der Waals surface area contributed by atoms with Crippen LogP contribution in [-0.2, 0) is 0 Å². The molecule has 0 amide bonds. The van der Waals surface area contributed by atoms with E-state index in [0.29, 0.717) is 29.2 Å². The first-order valence-corrected chi connectivity index (χ1v) is 11.9. The van der Waals surface area contributed by atoms with Gasteiger partial charge in [-0.2, -0.15) is 0 Å². The van der Waals surface area contributed by atoms with Gasteiger partial charge in [0.25, 0.3) is 0 Å². The first-order valence-electron chi connectivity index (χ1n) is 11.9. The minimum absolute atomic E-state index is 0.0189. The quantitative estimate of drug-likeness (QED) is 0.249. The number of nitrogens with two attached hydrogens (primary N) is 3. The van der Waals surface area contributed by atoms with E-state index >= 15 is 0 Å². The molecule has 0 bridgehead atoms. The summed E-state index contributed by atoms with van der Waals surface area (Å²) in [7, 11) is 1.61. The van der Waals surface area contributed by atoms with E-state index in [1.807, 2.05) is 54.6 Å². The van der Waals surface area contributed by atoms with Crippen LogP contribution in [0.4, 0.5) is 17.3 Å². The summed E-state index contributed by atoms with van der Waals surface area (Å²) in [6.45, 7) is 0.882. The zero-order chi connectivity index (χ0) is 24.2. The van der Waals surface area contributed by atoms with Crippen molar-refractivity contribution in [2.24, 2.45) is 5.84 Å². The monoisotopic (exact) mass is 463 g/mol. The van der Waals surface area contributed by atoms with Gasteiger partial charge in [0, 0.05) is 24.2 Å². The third-order valence-electron chi connectivity index (χ3n) is 6.13. The lowest BCUT2D eigenvalue weighted by molar-refractivity contribution is 0.369. The lowest BCUT2D eigenvalue weighted by atomic mass is 9.87. The maximum Gasteiger partial charge on any atom is 0.213 e. The topological polar surface area (TPSA) is 137 Å². The second-order valence-electron chi connectivity index (χ2n) is 8.46. The van der Waals surface area contributed by atoms with Gasteiger partial charge in [-0.15, -0.1) is 0 Å². The fourth-order valence-electron chi connectivity index (χ4n) is 4.37. The van der Waals surface area contributed by atoms with Crippen LogP contribution < -0.4 is 32.8 Å². The van der Waals surface area contributed by atoms with Crippen molar-refractivity contribution in [3.8, 4) is 5.88 Å². The van der Waals surface area contributed by atoms with E-state index < -0.39 is 0 Å². The summed E-state index contributed by atoms with van der Waals surface area (Å²) in [5, 5.41) is 3.71. The first-order chi connectivity index (χ1) is 16.6. The molecule has 8 nitrogen and oxygen atoms in total. The Labute approximate surface area is 202 Å². The molecule has 1 saturated carbocycles. The van der Waals surface area contributed by atoms with Crippen molar-refractivity contribution in [3.63, 3.8) is 0 Å². The zero-order valence-electron chi connectivity index (χ0n) is 19.9. The number of nitrogen functional groups attached to an aromatic ring is 3. The molecule has 182 valence electrons. The molecule has 1 aliphatic carbocycles. The van der Waals surface area contributed by atoms with Crippen molar-refractivity contribution in [2.75, 3.05) is 30.5 Å². The molecule has 1 aromatic carbocycles. The van der Waals surface area contributed by atoms with Gasteiger partial charge in [0.1, 0.15) is 5.82 Å². The predicted octanol–water partition coefficient (Wildman–Crippen LogP) is 4.07. The van der Waals surface area contributed by atoms with Gasteiger partial charge < -0.3 is 26.9 Å². The van der Waals surface area contributed by atoms with Crippen LogP contribution in [-0.4, -0.2) is 29.7 Å². The van der Waals surface area contributed by atoms with Crippen LogP contribution in [0.2, 0.25) is 0 Å². The first kappa shape index (κ1) is 25.3. The van der Waals surface area contributed by atoms with Crippen molar-refractivity contribution in [1.29, 1.82) is 0 Å². The lowest BCUT2D eigenvalue weighted by Gasteiger charge is -2.25. The Morgan fingerprint density at radius 2 is 1.71 bits per heavy atom. The molecule has 3 aromatic rings. The van der Waals surface area contributed by atoms with Gasteiger partial charge in [0.05, 0.1) is 12.8 Å². The second-order valence-corrected chi connectivity index (χ2v) is 8.46. The molecular formula is C26H37N7O. The van der Waals surface area contributed by atoms with Gasteiger partial charge >= 0.3 is 0 Å². The lowest BCUT2D eigenvalue weighted by Crippen LogP contribution is -2.32. The van der Waals surface area contributed by atoms with E-state index in [9.17, 15) is 0 Å². The van der Waals surface area contributed by atoms with Crippen LogP contribution in [0.1, 0.15) is 55.6 Å². The van der Waals surface area contributed by atoms with Crippen LogP contribution in [0.5, 0.6) is 5.88 Å². The van der Waals surface area contributed by atoms with Crippen LogP contribution in [0, 0.1) is 0 Å². The van der Waals surface area contributed by atoms with E-state index in [0.717, 1.165) is 24.1 Å². The van der Waals surface area contributed by atoms with Gasteiger partial charge in [0.15, 0.2) is 5.82 Å². The van der Waals surface area contributed by atoms with Gasteiger partial charge in [-0.25, -0.2) is 15.8 Å². The minimum atomic E-state index is 0.0189. The molecule has 8 heteroatoms. The number of pyridine rings is 2. The second kappa shape index (κ2) is 13.4. The number of nitrogens with one attached hydrogen (secondary N) is 2. The molecule has 8 N–H and O–H groups in total. The highest BCUT2D eigenvalue weighted by Gasteiger charge is 2.22. The Balaban J connectivity index is 0.000000469. The summed E-state index contributed by atoms with van der Waals surface area (Å²) in [5.41, 5.74) is 17.4. The largest absolute Gasteiger partial charge is 0.481 e. The summed E-state index contributed by atoms with van der Waals surface area (Å²) >= 11 is 0. The highest BCUT2D eigenvalue weighted by Crippen LogP contribution is 2.36. The highest BCUT2D eigenvalue weighted by molar-refractivity contribution is 5.70. The Kier molecular flexibility index (Phi) is 9.94. The fraction of sp³-hybridized carbons (Fsp3) is 0.385. The van der Waals surface area contributed by atoms with Crippen LogP contribution >= 0.6 is 0 Å². The van der Waals surface area contributed by atoms with Gasteiger partial charge in [-0.3, -0.25) is 0 Å². The molecule has 0 radical (unpaired) electrons. The molecule has 1 fully saturated rings. The van der Waals surface area contributed by atoms with E-state index in [4.69, 9.17) is 22.0 Å². The predicted molar refractivity (Wildman–Crippen MR) is 139 cm³/mol. The summed E-state index contributed by atoms with van der Waals surface area (Å²) < 4.78 is 5.31. The number of hydrazine groups is 1. The number of benzene rings is 1. The maximum atomic E-state index is 6.36. The van der Waals surface area contributed by atoms with Crippen LogP contribution in [0.25, 0.3) is 0 Å². The summed E-state index contributed by atoms with van der Waals surface area (Å²) in [4.78, 5) is 8.40. The standard InChI is InChI=1S/C20H31N7O.C6H6/c1-28-18-11-13(7-9-25-18)15(8-10-24-14-5-3-2-4-6-14)16-12-17(21)26-20(27-23)19(16)22;1-2-4-6-5-3-1/h7,9,11-12,14-15,24H,2-6,8,10,22-23H2,1H3,(H3,21,26,27);1-6H. The van der Waals surface area contributed by atoms with E-state index in [-0.39, 0.29) is 5.92 Å². The number of hydrogen-bond acceptors (Lipinski definition) is 8. The minimum Gasteiger partial charge on any atom is -0.481 e. The fourth-order valence-corrected chi connectivity index (χ4v) is 4.37. The number of anilines is 3. The number of methoxy groups -OCH3 is 1. The third kappa shape index (κ3) is 7.33. The Hall–Kier alpha value is -3.36. The normalized spacial score (nSPS) is 14.5. The van der Waals surface area contributed by atoms with E-state index in [1.165, 1.54) is 32.1 Å². The highest BCUT2D eigenvalue weighted by atomic mass is 16.5. The summed E-state index contributed by atoms with van der Waals surface area (Å²) in [6, 6.07) is 18.4. The van der Waals surface area contributed by atoms with Crippen molar-refractivity contribution in [2.45, 2.75) is 50.5 Å². The van der Waals surface area contributed by atoms with Crippen LogP contribution in [0.3, 0.4) is 0 Å². The Bertz CT molecular complexity index is 967. The SMILES string of the molecule is COc1cc(C(CCNC2CCCCC2)c2cc(N)nc(NN)c2N)ccn1.c1ccccc1. The number of nitrogens with zero attached hydrogens (tertiary/aromatic N) is 2. The average Bonchev–Trinajstić information content (AvgIpc) is 2.90. The van der Waals surface area contributed by atoms with Gasteiger partial charge in [-0.1, -0.05) is 55.7 Å². The number of hydrogen-bond donors (Lipinski definition) is 5. The average molecular weight is 464 g/mol. The molecule has 0 aliphatic heterocycles. The molecule has 0 saturated heterocycles. The number of aromatic nitrogens is 2. The molecule has 1 aliphatic rings. The maximum absolute atomic E-state index is 6.36. The molecule has 1 unspecified atom stereocenters. The molecule has 4 rings (SSSR count). The van der Waals surface area contributed by atoms with E-state index in [1.54, 1.807) is 13.3 Å². The summed E-state index contributed by atoms with van der Waals surface area (Å²) in [6.07, 6.45) is 9.07. The van der Waals surface area contributed by atoms with Crippen molar-refractivity contribution >= 4 is 17.3 Å². The molecular weight excluding hydrogens is 426 g/mol. The third-order valence-corrected chi connectivity index (χ3v) is 6.13. The molecule has 1 atom stereocenters. The van der Waals surface area contributed by atoms with Gasteiger partial charge in [0.2, 0.25) is 5.88 Å². The smallest absolute Gasteiger partial charge is 0.213 e. The molecule has 2 heterocycles. The zero-order valence-corrected chi connectivity index (χ0v) is 19.9. The van der Waals surface area contributed by atoms with Crippen LogP contribution in [0.15, 0.2) is 60.8 Å². The van der Waals surface area contributed by atoms with Crippen molar-refractivity contribution in [1.82, 2.24) is 15.3 Å². The van der Waals surface area contributed by atoms with Crippen molar-refractivity contribution < 1.29 is 4.74 Å². The molecule has 34 heavy (non-hydrogen) atoms. The number of ether oxygens (including phenoxy) is 1. The Morgan fingerprint density at radius 3 is 2.32 bits per heavy atom. The number of rotatable bonds is 8. The molecule has 0 spiro atoms. The summed E-state index contributed by atoms with van der Waals surface area (Å²) in [5.74, 6) is 6.94. The molecule has 2 aromatic heterocycles. The van der Waals surface area contributed by atoms with E-state index in [2.05, 4.69) is 20.7 Å².